The van der Waals surface area contributed by atoms with Gasteiger partial charge < -0.3 is 15.8 Å². The fourth-order valence-electron chi connectivity index (χ4n) is 2.96. The van der Waals surface area contributed by atoms with Crippen LogP contribution in [0.4, 0.5) is 5.69 Å². The van der Waals surface area contributed by atoms with E-state index in [-0.39, 0.29) is 5.91 Å². The Bertz CT molecular complexity index is 516. The largest absolute Gasteiger partial charge is 0.495 e. The fourth-order valence-corrected chi connectivity index (χ4v) is 2.96. The number of benzene rings is 1. The number of ether oxygens (including phenoxy) is 1. The van der Waals surface area contributed by atoms with Crippen molar-refractivity contribution in [1.29, 1.82) is 0 Å². The molecule has 2 fully saturated rings. The average molecular weight is 275 g/mol. The van der Waals surface area contributed by atoms with Gasteiger partial charge >= 0.3 is 0 Å². The number of nitrogens with zero attached hydrogens (tertiary/aromatic N) is 1. The van der Waals surface area contributed by atoms with Gasteiger partial charge in [-0.25, -0.2) is 0 Å². The number of nitrogens with one attached hydrogen (secondary N) is 1. The summed E-state index contributed by atoms with van der Waals surface area (Å²) in [6.07, 6.45) is 3.23. The molecule has 5 nitrogen and oxygen atoms in total. The molecule has 1 aliphatic heterocycles. The number of rotatable bonds is 5. The van der Waals surface area contributed by atoms with Crippen molar-refractivity contribution in [3.8, 4) is 5.75 Å². The second-order valence-electron chi connectivity index (χ2n) is 5.72. The number of methoxy groups -OCH3 is 1. The fraction of sp³-hybridized carbons (Fsp3) is 0.533. The summed E-state index contributed by atoms with van der Waals surface area (Å²) in [6.45, 7) is 1.61. The van der Waals surface area contributed by atoms with E-state index in [0.29, 0.717) is 12.6 Å². The molecule has 1 aliphatic carbocycles. The minimum Gasteiger partial charge on any atom is -0.495 e. The second-order valence-corrected chi connectivity index (χ2v) is 5.72. The molecule has 1 aromatic carbocycles. The predicted molar refractivity (Wildman–Crippen MR) is 77.8 cm³/mol. The number of carbonyl (C=O) groups excluding carboxylic acids is 1. The van der Waals surface area contributed by atoms with Gasteiger partial charge in [0.25, 0.3) is 0 Å². The summed E-state index contributed by atoms with van der Waals surface area (Å²) in [5, 5.41) is 3.34. The number of carbonyl (C=O) groups is 1. The van der Waals surface area contributed by atoms with Gasteiger partial charge in [-0.3, -0.25) is 9.69 Å². The van der Waals surface area contributed by atoms with E-state index in [1.54, 1.807) is 7.11 Å². The SMILES string of the molecule is COc1ccccc1NC1(C(N)=O)CCN(C2CC2)C1. The predicted octanol–water partition coefficient (Wildman–Crippen LogP) is 1.20. The Morgan fingerprint density at radius 3 is 2.85 bits per heavy atom. The van der Waals surface area contributed by atoms with Crippen molar-refractivity contribution in [2.45, 2.75) is 30.8 Å². The minimum absolute atomic E-state index is 0.286. The second kappa shape index (κ2) is 4.98. The lowest BCUT2D eigenvalue weighted by molar-refractivity contribution is -0.121. The van der Waals surface area contributed by atoms with Crippen LogP contribution in [-0.4, -0.2) is 42.6 Å². The number of anilines is 1. The van der Waals surface area contributed by atoms with Gasteiger partial charge in [0.05, 0.1) is 12.8 Å². The quantitative estimate of drug-likeness (QED) is 0.847. The first-order valence-electron chi connectivity index (χ1n) is 7.10. The zero-order valence-electron chi connectivity index (χ0n) is 11.8. The summed E-state index contributed by atoms with van der Waals surface area (Å²) in [5.74, 6) is 0.449. The van der Waals surface area contributed by atoms with Crippen molar-refractivity contribution in [2.75, 3.05) is 25.5 Å². The highest BCUT2D eigenvalue weighted by molar-refractivity contribution is 5.89. The molecule has 2 aliphatic rings. The van der Waals surface area contributed by atoms with Gasteiger partial charge in [0, 0.05) is 19.1 Å². The van der Waals surface area contributed by atoms with Crippen LogP contribution >= 0.6 is 0 Å². The molecule has 1 atom stereocenters. The van der Waals surface area contributed by atoms with E-state index in [1.807, 2.05) is 24.3 Å². The Morgan fingerprint density at radius 2 is 2.20 bits per heavy atom. The van der Waals surface area contributed by atoms with E-state index >= 15 is 0 Å². The van der Waals surface area contributed by atoms with Crippen LogP contribution in [0.15, 0.2) is 24.3 Å². The van der Waals surface area contributed by atoms with Gasteiger partial charge in [-0.2, -0.15) is 0 Å². The first kappa shape index (κ1) is 13.2. The molecule has 1 amide bonds. The normalized spacial score (nSPS) is 26.4. The van der Waals surface area contributed by atoms with Gasteiger partial charge in [-0.1, -0.05) is 12.1 Å². The molecule has 3 rings (SSSR count). The molecule has 1 heterocycles. The van der Waals surface area contributed by atoms with Gasteiger partial charge in [0.2, 0.25) is 5.91 Å². The lowest BCUT2D eigenvalue weighted by Gasteiger charge is -2.29. The third kappa shape index (κ3) is 2.33. The molecule has 1 unspecified atom stereocenters. The molecule has 5 heteroatoms. The van der Waals surface area contributed by atoms with Gasteiger partial charge in [0.15, 0.2) is 0 Å². The van der Waals surface area contributed by atoms with Gasteiger partial charge in [0.1, 0.15) is 11.3 Å². The summed E-state index contributed by atoms with van der Waals surface area (Å²) in [4.78, 5) is 14.4. The molecule has 20 heavy (non-hydrogen) atoms. The van der Waals surface area contributed by atoms with Crippen molar-refractivity contribution >= 4 is 11.6 Å². The molecule has 0 spiro atoms. The molecule has 1 saturated carbocycles. The monoisotopic (exact) mass is 275 g/mol. The zero-order chi connectivity index (χ0) is 14.2. The van der Waals surface area contributed by atoms with E-state index in [9.17, 15) is 4.79 Å². The van der Waals surface area contributed by atoms with Crippen LogP contribution in [0.3, 0.4) is 0 Å². The number of primary amides is 1. The van der Waals surface area contributed by atoms with Crippen molar-refractivity contribution in [3.05, 3.63) is 24.3 Å². The van der Waals surface area contributed by atoms with Crippen LogP contribution in [0.25, 0.3) is 0 Å². The average Bonchev–Trinajstić information content (AvgIpc) is 3.21. The molecule has 0 aromatic heterocycles. The van der Waals surface area contributed by atoms with Crippen LogP contribution in [0.1, 0.15) is 19.3 Å². The highest BCUT2D eigenvalue weighted by Gasteiger charge is 2.47. The Morgan fingerprint density at radius 1 is 1.45 bits per heavy atom. The van der Waals surface area contributed by atoms with Crippen LogP contribution in [-0.2, 0) is 4.79 Å². The zero-order valence-corrected chi connectivity index (χ0v) is 11.8. The Balaban J connectivity index is 1.82. The van der Waals surface area contributed by atoms with Crippen molar-refractivity contribution in [1.82, 2.24) is 4.90 Å². The van der Waals surface area contributed by atoms with E-state index in [2.05, 4.69) is 10.2 Å². The number of hydrogen-bond acceptors (Lipinski definition) is 4. The third-order valence-electron chi connectivity index (χ3n) is 4.31. The van der Waals surface area contributed by atoms with Crippen LogP contribution < -0.4 is 15.8 Å². The van der Waals surface area contributed by atoms with Crippen LogP contribution in [0.2, 0.25) is 0 Å². The number of hydrogen-bond donors (Lipinski definition) is 2. The van der Waals surface area contributed by atoms with Gasteiger partial charge in [-0.05, 0) is 31.4 Å². The summed E-state index contributed by atoms with van der Waals surface area (Å²) in [7, 11) is 1.63. The van der Waals surface area contributed by atoms with E-state index in [4.69, 9.17) is 10.5 Å². The van der Waals surface area contributed by atoms with Crippen LogP contribution in [0.5, 0.6) is 5.75 Å². The first-order chi connectivity index (χ1) is 9.64. The summed E-state index contributed by atoms with van der Waals surface area (Å²) < 4.78 is 5.34. The third-order valence-corrected chi connectivity index (χ3v) is 4.31. The molecule has 1 aromatic rings. The standard InChI is InChI=1S/C15H21N3O2/c1-20-13-5-3-2-4-12(13)17-15(14(16)19)8-9-18(10-15)11-6-7-11/h2-5,11,17H,6-10H2,1H3,(H2,16,19). The molecular formula is C15H21N3O2. The maximum absolute atomic E-state index is 12.0. The minimum atomic E-state index is -0.683. The highest BCUT2D eigenvalue weighted by Crippen LogP contribution is 2.36. The molecular weight excluding hydrogens is 254 g/mol. The van der Waals surface area contributed by atoms with Gasteiger partial charge in [-0.15, -0.1) is 0 Å². The maximum Gasteiger partial charge on any atom is 0.244 e. The topological polar surface area (TPSA) is 67.6 Å². The van der Waals surface area contributed by atoms with Crippen molar-refractivity contribution in [2.24, 2.45) is 5.73 Å². The number of nitrogens with two attached hydrogens (primary N) is 1. The molecule has 3 N–H and O–H groups in total. The van der Waals surface area contributed by atoms with Crippen molar-refractivity contribution < 1.29 is 9.53 Å². The molecule has 0 bridgehead atoms. The van der Waals surface area contributed by atoms with E-state index in [1.165, 1.54) is 12.8 Å². The smallest absolute Gasteiger partial charge is 0.244 e. The lowest BCUT2D eigenvalue weighted by Crippen LogP contribution is -2.52. The Hall–Kier alpha value is -1.75. The number of para-hydroxylation sites is 2. The molecule has 108 valence electrons. The Labute approximate surface area is 119 Å². The molecule has 1 saturated heterocycles. The molecule has 0 radical (unpaired) electrons. The Kier molecular flexibility index (Phi) is 3.30. The lowest BCUT2D eigenvalue weighted by atomic mass is 9.97. The number of amides is 1. The summed E-state index contributed by atoms with van der Waals surface area (Å²) in [6, 6.07) is 8.28. The highest BCUT2D eigenvalue weighted by atomic mass is 16.5. The summed E-state index contributed by atoms with van der Waals surface area (Å²) >= 11 is 0. The first-order valence-corrected chi connectivity index (χ1v) is 7.10. The van der Waals surface area contributed by atoms with Crippen LogP contribution in [0, 0.1) is 0 Å². The maximum atomic E-state index is 12.0. The van der Waals surface area contributed by atoms with Crippen molar-refractivity contribution in [3.63, 3.8) is 0 Å². The number of likely N-dealkylation sites (tertiary alicyclic amines) is 1. The van der Waals surface area contributed by atoms with E-state index in [0.717, 1.165) is 24.4 Å². The van der Waals surface area contributed by atoms with E-state index < -0.39 is 5.54 Å². The summed E-state index contributed by atoms with van der Waals surface area (Å²) in [5.41, 5.74) is 5.83.